The summed E-state index contributed by atoms with van der Waals surface area (Å²) < 4.78 is 5.09. The van der Waals surface area contributed by atoms with Crippen LogP contribution in [0.5, 0.6) is 0 Å². The third-order valence-corrected chi connectivity index (χ3v) is 2.51. The van der Waals surface area contributed by atoms with Gasteiger partial charge in [-0.2, -0.15) is 0 Å². The minimum absolute atomic E-state index is 0.00959. The van der Waals surface area contributed by atoms with Crippen molar-refractivity contribution in [3.05, 3.63) is 29.8 Å². The lowest BCUT2D eigenvalue weighted by atomic mass is 10.1. The van der Waals surface area contributed by atoms with Crippen LogP contribution in [0.2, 0.25) is 0 Å². The van der Waals surface area contributed by atoms with Gasteiger partial charge >= 0.3 is 0 Å². The standard InChI is InChI=1S/C15H24N2O2/c1-11(14(18)17-15(2,3)4)16-13-8-6-7-12(9-13)10-19-5/h6-9,11,16H,10H2,1-5H3,(H,17,18). The Morgan fingerprint density at radius 3 is 2.63 bits per heavy atom. The lowest BCUT2D eigenvalue weighted by Gasteiger charge is -2.24. The van der Waals surface area contributed by atoms with Gasteiger partial charge in [-0.3, -0.25) is 4.79 Å². The van der Waals surface area contributed by atoms with E-state index in [1.807, 2.05) is 52.0 Å². The summed E-state index contributed by atoms with van der Waals surface area (Å²) in [7, 11) is 1.67. The summed E-state index contributed by atoms with van der Waals surface area (Å²) >= 11 is 0. The van der Waals surface area contributed by atoms with Crippen molar-refractivity contribution < 1.29 is 9.53 Å². The van der Waals surface area contributed by atoms with E-state index in [1.54, 1.807) is 7.11 Å². The van der Waals surface area contributed by atoms with Crippen LogP contribution in [0.4, 0.5) is 5.69 Å². The van der Waals surface area contributed by atoms with E-state index in [2.05, 4.69) is 10.6 Å². The Balaban J connectivity index is 2.63. The summed E-state index contributed by atoms with van der Waals surface area (Å²) in [5.74, 6) is -0.00959. The van der Waals surface area contributed by atoms with Gasteiger partial charge in [-0.25, -0.2) is 0 Å². The summed E-state index contributed by atoms with van der Waals surface area (Å²) in [6.45, 7) is 8.33. The van der Waals surface area contributed by atoms with Crippen molar-refractivity contribution in [2.45, 2.75) is 45.9 Å². The molecule has 0 saturated heterocycles. The predicted octanol–water partition coefficient (Wildman–Crippen LogP) is 2.55. The molecule has 1 amide bonds. The zero-order chi connectivity index (χ0) is 14.5. The Morgan fingerprint density at radius 1 is 1.37 bits per heavy atom. The molecule has 0 aromatic heterocycles. The summed E-state index contributed by atoms with van der Waals surface area (Å²) in [5.41, 5.74) is 1.78. The maximum absolute atomic E-state index is 12.0. The molecule has 1 aromatic rings. The third kappa shape index (κ3) is 5.75. The highest BCUT2D eigenvalue weighted by atomic mass is 16.5. The van der Waals surface area contributed by atoms with Crippen molar-refractivity contribution >= 4 is 11.6 Å². The zero-order valence-corrected chi connectivity index (χ0v) is 12.4. The average molecular weight is 264 g/mol. The van der Waals surface area contributed by atoms with Crippen LogP contribution in [0.3, 0.4) is 0 Å². The van der Waals surface area contributed by atoms with Crippen molar-refractivity contribution in [2.75, 3.05) is 12.4 Å². The predicted molar refractivity (Wildman–Crippen MR) is 78.1 cm³/mol. The smallest absolute Gasteiger partial charge is 0.242 e. The van der Waals surface area contributed by atoms with E-state index in [4.69, 9.17) is 4.74 Å². The molecule has 0 aliphatic carbocycles. The van der Waals surface area contributed by atoms with E-state index in [1.165, 1.54) is 0 Å². The molecule has 1 rings (SSSR count). The molecule has 1 atom stereocenters. The largest absolute Gasteiger partial charge is 0.380 e. The molecule has 0 aliphatic rings. The topological polar surface area (TPSA) is 50.4 Å². The van der Waals surface area contributed by atoms with Gasteiger partial charge in [0.1, 0.15) is 6.04 Å². The fraction of sp³-hybridized carbons (Fsp3) is 0.533. The lowest BCUT2D eigenvalue weighted by Crippen LogP contribution is -2.47. The number of benzene rings is 1. The fourth-order valence-electron chi connectivity index (χ4n) is 1.71. The first-order chi connectivity index (χ1) is 8.81. The molecular formula is C15H24N2O2. The van der Waals surface area contributed by atoms with Gasteiger partial charge in [0.25, 0.3) is 0 Å². The molecule has 0 radical (unpaired) electrons. The van der Waals surface area contributed by atoms with Crippen molar-refractivity contribution in [1.82, 2.24) is 5.32 Å². The van der Waals surface area contributed by atoms with E-state index in [-0.39, 0.29) is 17.5 Å². The molecule has 1 aromatic carbocycles. The Hall–Kier alpha value is -1.55. The highest BCUT2D eigenvalue weighted by molar-refractivity contribution is 5.84. The molecule has 0 saturated carbocycles. The second-order valence-corrected chi connectivity index (χ2v) is 5.74. The summed E-state index contributed by atoms with van der Waals surface area (Å²) in [4.78, 5) is 12.0. The Morgan fingerprint density at radius 2 is 2.05 bits per heavy atom. The van der Waals surface area contributed by atoms with Crippen molar-refractivity contribution in [2.24, 2.45) is 0 Å². The first-order valence-corrected chi connectivity index (χ1v) is 6.48. The van der Waals surface area contributed by atoms with E-state index < -0.39 is 0 Å². The Labute approximate surface area is 115 Å². The number of hydrogen-bond acceptors (Lipinski definition) is 3. The molecule has 0 fully saturated rings. The summed E-state index contributed by atoms with van der Waals surface area (Å²) in [6, 6.07) is 7.60. The molecule has 2 N–H and O–H groups in total. The molecule has 106 valence electrons. The zero-order valence-electron chi connectivity index (χ0n) is 12.4. The van der Waals surface area contributed by atoms with Gasteiger partial charge in [-0.15, -0.1) is 0 Å². The first kappa shape index (κ1) is 15.5. The SMILES string of the molecule is COCc1cccc(NC(C)C(=O)NC(C)(C)C)c1. The van der Waals surface area contributed by atoms with Crippen LogP contribution in [0.1, 0.15) is 33.3 Å². The number of ether oxygens (including phenoxy) is 1. The third-order valence-electron chi connectivity index (χ3n) is 2.51. The summed E-state index contributed by atoms with van der Waals surface area (Å²) in [5, 5.41) is 6.15. The lowest BCUT2D eigenvalue weighted by molar-refractivity contribution is -0.122. The maximum Gasteiger partial charge on any atom is 0.242 e. The van der Waals surface area contributed by atoms with E-state index in [0.717, 1.165) is 11.3 Å². The van der Waals surface area contributed by atoms with Gasteiger partial charge < -0.3 is 15.4 Å². The van der Waals surface area contributed by atoms with Gasteiger partial charge in [-0.05, 0) is 45.4 Å². The van der Waals surface area contributed by atoms with Gasteiger partial charge in [-0.1, -0.05) is 12.1 Å². The number of anilines is 1. The van der Waals surface area contributed by atoms with Crippen molar-refractivity contribution in [1.29, 1.82) is 0 Å². The highest BCUT2D eigenvalue weighted by Gasteiger charge is 2.18. The number of methoxy groups -OCH3 is 1. The van der Waals surface area contributed by atoms with Gasteiger partial charge in [0.2, 0.25) is 5.91 Å². The van der Waals surface area contributed by atoms with Crippen LogP contribution in [0.15, 0.2) is 24.3 Å². The van der Waals surface area contributed by atoms with Crippen LogP contribution >= 0.6 is 0 Å². The van der Waals surface area contributed by atoms with Crippen LogP contribution in [0.25, 0.3) is 0 Å². The molecule has 19 heavy (non-hydrogen) atoms. The normalized spacial score (nSPS) is 12.9. The quantitative estimate of drug-likeness (QED) is 0.859. The van der Waals surface area contributed by atoms with Crippen LogP contribution in [-0.2, 0) is 16.1 Å². The summed E-state index contributed by atoms with van der Waals surface area (Å²) in [6.07, 6.45) is 0. The number of rotatable bonds is 5. The second kappa shape index (κ2) is 6.57. The number of carbonyl (C=O) groups excluding carboxylic acids is 1. The molecule has 4 nitrogen and oxygen atoms in total. The van der Waals surface area contributed by atoms with Crippen molar-refractivity contribution in [3.8, 4) is 0 Å². The van der Waals surface area contributed by atoms with E-state index in [9.17, 15) is 4.79 Å². The number of nitrogens with one attached hydrogen (secondary N) is 2. The van der Waals surface area contributed by atoms with E-state index in [0.29, 0.717) is 6.61 Å². The average Bonchev–Trinajstić information content (AvgIpc) is 2.27. The molecule has 1 unspecified atom stereocenters. The molecule has 0 heterocycles. The van der Waals surface area contributed by atoms with Crippen LogP contribution in [0, 0.1) is 0 Å². The minimum atomic E-state index is -0.281. The first-order valence-electron chi connectivity index (χ1n) is 6.48. The van der Waals surface area contributed by atoms with Crippen LogP contribution in [-0.4, -0.2) is 24.6 Å². The fourth-order valence-corrected chi connectivity index (χ4v) is 1.71. The van der Waals surface area contributed by atoms with Gasteiger partial charge in [0.15, 0.2) is 0 Å². The monoisotopic (exact) mass is 264 g/mol. The molecule has 0 aliphatic heterocycles. The molecule has 0 bridgehead atoms. The number of hydrogen-bond donors (Lipinski definition) is 2. The Bertz CT molecular complexity index is 424. The van der Waals surface area contributed by atoms with Crippen molar-refractivity contribution in [3.63, 3.8) is 0 Å². The van der Waals surface area contributed by atoms with Gasteiger partial charge in [0.05, 0.1) is 6.61 Å². The van der Waals surface area contributed by atoms with Crippen LogP contribution < -0.4 is 10.6 Å². The Kier molecular flexibility index (Phi) is 5.36. The molecule has 0 spiro atoms. The number of amides is 1. The molecule has 4 heteroatoms. The number of carbonyl (C=O) groups is 1. The van der Waals surface area contributed by atoms with Gasteiger partial charge in [0, 0.05) is 18.3 Å². The minimum Gasteiger partial charge on any atom is -0.380 e. The molecular weight excluding hydrogens is 240 g/mol. The maximum atomic E-state index is 12.0. The highest BCUT2D eigenvalue weighted by Crippen LogP contribution is 2.13. The second-order valence-electron chi connectivity index (χ2n) is 5.74. The van der Waals surface area contributed by atoms with E-state index >= 15 is 0 Å².